The molecule has 1 atom stereocenters. The number of benzene rings is 1. The van der Waals surface area contributed by atoms with Crippen molar-refractivity contribution < 1.29 is 0 Å². The predicted octanol–water partition coefficient (Wildman–Crippen LogP) is 3.70. The number of fused-ring (bicyclic) bond motifs is 3. The maximum absolute atomic E-state index is 9.77. The van der Waals surface area contributed by atoms with E-state index in [-0.39, 0.29) is 0 Å². The molecule has 1 saturated heterocycles. The van der Waals surface area contributed by atoms with Crippen molar-refractivity contribution in [2.45, 2.75) is 26.7 Å². The molecular weight excluding hydrogens is 334 g/mol. The van der Waals surface area contributed by atoms with E-state index in [2.05, 4.69) is 53.3 Å². The number of imidazole rings is 1. The molecule has 0 amide bonds. The largest absolute Gasteiger partial charge is 0.357 e. The number of anilines is 1. The minimum Gasteiger partial charge on any atom is -0.357 e. The van der Waals surface area contributed by atoms with Gasteiger partial charge in [-0.2, -0.15) is 5.26 Å². The van der Waals surface area contributed by atoms with E-state index in [9.17, 15) is 5.26 Å². The van der Waals surface area contributed by atoms with Crippen LogP contribution in [0.4, 0.5) is 5.82 Å². The van der Waals surface area contributed by atoms with Crippen molar-refractivity contribution >= 4 is 22.5 Å². The van der Waals surface area contributed by atoms with Gasteiger partial charge in [-0.05, 0) is 56.1 Å². The van der Waals surface area contributed by atoms with Gasteiger partial charge in [-0.3, -0.25) is 4.40 Å². The lowest BCUT2D eigenvalue weighted by Gasteiger charge is -2.23. The van der Waals surface area contributed by atoms with Crippen LogP contribution in [0, 0.1) is 17.2 Å². The topological polar surface area (TPSA) is 47.6 Å². The first kappa shape index (κ1) is 17.8. The van der Waals surface area contributed by atoms with Crippen LogP contribution in [0.5, 0.6) is 0 Å². The molecule has 0 spiro atoms. The summed E-state index contributed by atoms with van der Waals surface area (Å²) in [5, 5.41) is 9.77. The van der Waals surface area contributed by atoms with E-state index in [0.717, 1.165) is 54.8 Å². The zero-order valence-electron chi connectivity index (χ0n) is 16.4. The summed E-state index contributed by atoms with van der Waals surface area (Å²) in [6.45, 7) is 8.66. The van der Waals surface area contributed by atoms with Crippen LogP contribution in [-0.2, 0) is 6.42 Å². The highest BCUT2D eigenvalue weighted by atomic mass is 15.3. The van der Waals surface area contributed by atoms with Gasteiger partial charge in [0.05, 0.1) is 16.6 Å². The molecule has 1 fully saturated rings. The molecule has 0 aliphatic carbocycles. The van der Waals surface area contributed by atoms with Gasteiger partial charge >= 0.3 is 0 Å². The van der Waals surface area contributed by atoms with Crippen molar-refractivity contribution in [1.82, 2.24) is 14.3 Å². The number of nitriles is 1. The molecule has 3 aromatic rings. The van der Waals surface area contributed by atoms with Gasteiger partial charge in [0.1, 0.15) is 11.9 Å². The van der Waals surface area contributed by atoms with Crippen LogP contribution >= 0.6 is 0 Å². The van der Waals surface area contributed by atoms with E-state index in [4.69, 9.17) is 4.98 Å². The summed E-state index contributed by atoms with van der Waals surface area (Å²) < 4.78 is 2.19. The lowest BCUT2D eigenvalue weighted by atomic mass is 10.1. The highest BCUT2D eigenvalue weighted by molar-refractivity contribution is 5.85. The zero-order chi connectivity index (χ0) is 19.0. The molecule has 5 heteroatoms. The Morgan fingerprint density at radius 3 is 2.85 bits per heavy atom. The molecule has 0 saturated carbocycles. The molecule has 5 nitrogen and oxygen atoms in total. The first-order chi connectivity index (χ1) is 13.2. The third-order valence-corrected chi connectivity index (χ3v) is 5.85. The number of aryl methyl sites for hydroxylation is 1. The van der Waals surface area contributed by atoms with Gasteiger partial charge in [-0.25, -0.2) is 4.98 Å². The summed E-state index contributed by atoms with van der Waals surface area (Å²) in [6, 6.07) is 12.8. The van der Waals surface area contributed by atoms with E-state index in [1.165, 1.54) is 12.2 Å². The number of hydrogen-bond acceptors (Lipinski definition) is 4. The second-order valence-corrected chi connectivity index (χ2v) is 7.58. The van der Waals surface area contributed by atoms with Crippen molar-refractivity contribution in [1.29, 1.82) is 5.26 Å². The van der Waals surface area contributed by atoms with E-state index in [0.29, 0.717) is 11.5 Å². The average molecular weight is 361 g/mol. The van der Waals surface area contributed by atoms with Crippen molar-refractivity contribution in [3.63, 3.8) is 0 Å². The lowest BCUT2D eigenvalue weighted by Crippen LogP contribution is -2.28. The SMILES string of the molecule is CCc1cc(N2CCC(CN(C)CC)C2)n2c(nc3ccccc32)c1C#N. The van der Waals surface area contributed by atoms with Crippen molar-refractivity contribution in [3.8, 4) is 6.07 Å². The van der Waals surface area contributed by atoms with E-state index in [1.54, 1.807) is 0 Å². The van der Waals surface area contributed by atoms with E-state index < -0.39 is 0 Å². The number of para-hydroxylation sites is 2. The summed E-state index contributed by atoms with van der Waals surface area (Å²) in [4.78, 5) is 9.69. The highest BCUT2D eigenvalue weighted by Gasteiger charge is 2.27. The number of pyridine rings is 1. The van der Waals surface area contributed by atoms with Crippen LogP contribution in [0.25, 0.3) is 16.7 Å². The number of rotatable bonds is 5. The molecule has 1 aliphatic heterocycles. The minimum absolute atomic E-state index is 0.681. The zero-order valence-corrected chi connectivity index (χ0v) is 16.4. The number of hydrogen-bond donors (Lipinski definition) is 0. The average Bonchev–Trinajstić information content (AvgIpc) is 3.31. The Kier molecular flexibility index (Phi) is 4.75. The smallest absolute Gasteiger partial charge is 0.157 e. The van der Waals surface area contributed by atoms with Gasteiger partial charge in [0.2, 0.25) is 0 Å². The first-order valence-electron chi connectivity index (χ1n) is 9.92. The van der Waals surface area contributed by atoms with Gasteiger partial charge in [0, 0.05) is 19.6 Å². The molecule has 1 unspecified atom stereocenters. The fourth-order valence-corrected chi connectivity index (χ4v) is 4.25. The molecule has 27 heavy (non-hydrogen) atoms. The van der Waals surface area contributed by atoms with Crippen LogP contribution < -0.4 is 4.90 Å². The molecule has 2 aromatic heterocycles. The van der Waals surface area contributed by atoms with Crippen LogP contribution in [-0.4, -0.2) is 47.5 Å². The van der Waals surface area contributed by atoms with Crippen LogP contribution in [0.15, 0.2) is 30.3 Å². The molecule has 140 valence electrons. The monoisotopic (exact) mass is 361 g/mol. The molecule has 1 aromatic carbocycles. The van der Waals surface area contributed by atoms with Crippen LogP contribution in [0.3, 0.4) is 0 Å². The molecule has 0 bridgehead atoms. The summed E-state index contributed by atoms with van der Waals surface area (Å²) in [5.74, 6) is 1.86. The van der Waals surface area contributed by atoms with E-state index >= 15 is 0 Å². The maximum Gasteiger partial charge on any atom is 0.157 e. The second kappa shape index (κ2) is 7.21. The van der Waals surface area contributed by atoms with Crippen molar-refractivity contribution in [3.05, 3.63) is 41.5 Å². The minimum atomic E-state index is 0.681. The summed E-state index contributed by atoms with van der Waals surface area (Å²) in [7, 11) is 2.20. The van der Waals surface area contributed by atoms with Gasteiger partial charge in [-0.1, -0.05) is 26.0 Å². The Labute approximate surface area is 160 Å². The fourth-order valence-electron chi connectivity index (χ4n) is 4.25. The predicted molar refractivity (Wildman–Crippen MR) is 110 cm³/mol. The molecule has 0 radical (unpaired) electrons. The summed E-state index contributed by atoms with van der Waals surface area (Å²) >= 11 is 0. The summed E-state index contributed by atoms with van der Waals surface area (Å²) in [5.41, 5.74) is 4.62. The Bertz CT molecular complexity index is 1010. The molecule has 0 N–H and O–H groups in total. The lowest BCUT2D eigenvalue weighted by molar-refractivity contribution is 0.300. The Morgan fingerprint density at radius 2 is 2.11 bits per heavy atom. The highest BCUT2D eigenvalue weighted by Crippen LogP contribution is 2.32. The maximum atomic E-state index is 9.77. The standard InChI is InChI=1S/C22H27N5/c1-4-17-12-21(26-11-10-16(15-26)14-25(3)5-2)27-20-9-7-6-8-19(20)24-22(27)18(17)13-23/h6-9,12,16H,4-5,10-11,14-15H2,1-3H3. The molecule has 3 heterocycles. The van der Waals surface area contributed by atoms with Crippen molar-refractivity contribution in [2.75, 3.05) is 38.1 Å². The van der Waals surface area contributed by atoms with Gasteiger partial charge in [0.25, 0.3) is 0 Å². The Balaban J connectivity index is 1.84. The number of nitrogens with zero attached hydrogens (tertiary/aromatic N) is 5. The van der Waals surface area contributed by atoms with Crippen LogP contribution in [0.2, 0.25) is 0 Å². The molecule has 4 rings (SSSR count). The fraction of sp³-hybridized carbons (Fsp3) is 0.455. The number of aromatic nitrogens is 2. The van der Waals surface area contributed by atoms with Gasteiger partial charge < -0.3 is 9.80 Å². The van der Waals surface area contributed by atoms with Crippen LogP contribution in [0.1, 0.15) is 31.4 Å². The molecule has 1 aliphatic rings. The molecular formula is C22H27N5. The third kappa shape index (κ3) is 3.04. The normalized spacial score (nSPS) is 17.3. The Morgan fingerprint density at radius 1 is 1.30 bits per heavy atom. The van der Waals surface area contributed by atoms with Gasteiger partial charge in [0.15, 0.2) is 5.65 Å². The Hall–Kier alpha value is -2.58. The second-order valence-electron chi connectivity index (χ2n) is 7.58. The van der Waals surface area contributed by atoms with E-state index in [1.807, 2.05) is 18.2 Å². The summed E-state index contributed by atoms with van der Waals surface area (Å²) in [6.07, 6.45) is 2.05. The van der Waals surface area contributed by atoms with Gasteiger partial charge in [-0.15, -0.1) is 0 Å². The quantitative estimate of drug-likeness (QED) is 0.695. The first-order valence-corrected chi connectivity index (χ1v) is 9.92. The van der Waals surface area contributed by atoms with Crippen molar-refractivity contribution in [2.24, 2.45) is 5.92 Å². The third-order valence-electron chi connectivity index (χ3n) is 5.85.